The van der Waals surface area contributed by atoms with Crippen LogP contribution in [0.1, 0.15) is 20.3 Å². The molecular formula is C14H15NO3. The molecule has 2 aromatic rings. The summed E-state index contributed by atoms with van der Waals surface area (Å²) in [6.07, 6.45) is 1.63. The smallest absolute Gasteiger partial charge is 0.307 e. The quantitative estimate of drug-likeness (QED) is 0.899. The van der Waals surface area contributed by atoms with Gasteiger partial charge in [0.15, 0.2) is 0 Å². The number of hydrogen-bond donors (Lipinski definition) is 1. The molecule has 0 saturated carbocycles. The number of hydrogen-bond acceptors (Lipinski definition) is 3. The van der Waals surface area contributed by atoms with Crippen molar-refractivity contribution in [2.75, 3.05) is 0 Å². The molecule has 0 atom stereocenters. The van der Waals surface area contributed by atoms with E-state index in [1.807, 2.05) is 24.3 Å². The van der Waals surface area contributed by atoms with Crippen molar-refractivity contribution in [2.45, 2.75) is 25.9 Å². The first-order chi connectivity index (χ1) is 8.48. The molecule has 0 saturated heterocycles. The number of carboxylic acid groups (broad SMARTS) is 1. The third kappa shape index (κ3) is 2.77. The molecule has 1 heterocycles. The van der Waals surface area contributed by atoms with Crippen molar-refractivity contribution in [3.8, 4) is 5.75 Å². The molecule has 2 rings (SSSR count). The van der Waals surface area contributed by atoms with E-state index >= 15 is 0 Å². The van der Waals surface area contributed by atoms with E-state index in [1.165, 1.54) is 0 Å². The van der Waals surface area contributed by atoms with Crippen LogP contribution in [0.15, 0.2) is 36.5 Å². The van der Waals surface area contributed by atoms with Gasteiger partial charge in [-0.25, -0.2) is 0 Å². The van der Waals surface area contributed by atoms with Crippen molar-refractivity contribution in [3.05, 3.63) is 36.5 Å². The number of carbonyl (C=O) groups is 1. The molecule has 0 bridgehead atoms. The molecule has 0 fully saturated rings. The maximum absolute atomic E-state index is 10.8. The van der Waals surface area contributed by atoms with Crippen LogP contribution in [0, 0.1) is 0 Å². The minimum absolute atomic E-state index is 0.0593. The summed E-state index contributed by atoms with van der Waals surface area (Å²) in [7, 11) is 0. The highest BCUT2D eigenvalue weighted by Crippen LogP contribution is 2.27. The van der Waals surface area contributed by atoms with E-state index in [-0.39, 0.29) is 6.42 Å². The first-order valence-corrected chi connectivity index (χ1v) is 5.72. The van der Waals surface area contributed by atoms with Crippen LogP contribution in [0.25, 0.3) is 10.9 Å². The molecule has 1 aromatic heterocycles. The van der Waals surface area contributed by atoms with Crippen LogP contribution >= 0.6 is 0 Å². The van der Waals surface area contributed by atoms with Crippen LogP contribution in [0.2, 0.25) is 0 Å². The molecule has 94 valence electrons. The van der Waals surface area contributed by atoms with E-state index < -0.39 is 11.6 Å². The van der Waals surface area contributed by atoms with Crippen molar-refractivity contribution in [1.29, 1.82) is 0 Å². The Bertz CT molecular complexity index is 573. The molecule has 4 nitrogen and oxygen atoms in total. The zero-order valence-electron chi connectivity index (χ0n) is 10.4. The maximum Gasteiger partial charge on any atom is 0.307 e. The lowest BCUT2D eigenvalue weighted by Crippen LogP contribution is -2.31. The average molecular weight is 245 g/mol. The Hall–Kier alpha value is -2.10. The molecule has 0 unspecified atom stereocenters. The SMILES string of the molecule is CC(C)(CC(=O)O)Oc1cccc2cccnc12. The summed E-state index contributed by atoms with van der Waals surface area (Å²) in [5.74, 6) is -0.271. The molecule has 0 aliphatic rings. The van der Waals surface area contributed by atoms with Gasteiger partial charge in [0.25, 0.3) is 0 Å². The molecule has 0 radical (unpaired) electrons. The Kier molecular flexibility index (Phi) is 3.19. The zero-order chi connectivity index (χ0) is 13.2. The highest BCUT2D eigenvalue weighted by molar-refractivity contribution is 5.84. The van der Waals surface area contributed by atoms with Crippen LogP contribution in [-0.2, 0) is 4.79 Å². The van der Waals surface area contributed by atoms with Gasteiger partial charge in [0, 0.05) is 11.6 Å². The van der Waals surface area contributed by atoms with Gasteiger partial charge in [-0.1, -0.05) is 18.2 Å². The third-order valence-corrected chi connectivity index (χ3v) is 2.56. The van der Waals surface area contributed by atoms with Crippen LogP contribution in [0.4, 0.5) is 0 Å². The zero-order valence-corrected chi connectivity index (χ0v) is 10.4. The largest absolute Gasteiger partial charge is 0.485 e. The number of nitrogens with zero attached hydrogens (tertiary/aromatic N) is 1. The van der Waals surface area contributed by atoms with E-state index in [2.05, 4.69) is 4.98 Å². The summed E-state index contributed by atoms with van der Waals surface area (Å²) < 4.78 is 5.78. The molecule has 0 aliphatic heterocycles. The topological polar surface area (TPSA) is 59.4 Å². The number of aromatic nitrogens is 1. The number of ether oxygens (including phenoxy) is 1. The summed E-state index contributed by atoms with van der Waals surface area (Å²) in [4.78, 5) is 15.0. The van der Waals surface area contributed by atoms with Crippen molar-refractivity contribution in [3.63, 3.8) is 0 Å². The van der Waals surface area contributed by atoms with Crippen molar-refractivity contribution < 1.29 is 14.6 Å². The standard InChI is InChI=1S/C14H15NO3/c1-14(2,9-12(16)17)18-11-7-3-5-10-6-4-8-15-13(10)11/h3-8H,9H2,1-2H3,(H,16,17). The van der Waals surface area contributed by atoms with Crippen LogP contribution < -0.4 is 4.74 Å². The minimum atomic E-state index is -0.881. The lowest BCUT2D eigenvalue weighted by molar-refractivity contribution is -0.140. The van der Waals surface area contributed by atoms with Gasteiger partial charge < -0.3 is 9.84 Å². The lowest BCUT2D eigenvalue weighted by atomic mass is 10.1. The van der Waals surface area contributed by atoms with E-state index in [9.17, 15) is 4.79 Å². The van der Waals surface area contributed by atoms with Gasteiger partial charge in [-0.05, 0) is 26.0 Å². The normalized spacial score (nSPS) is 11.4. The van der Waals surface area contributed by atoms with Gasteiger partial charge in [0.05, 0.1) is 6.42 Å². The molecule has 18 heavy (non-hydrogen) atoms. The van der Waals surface area contributed by atoms with Crippen LogP contribution in [-0.4, -0.2) is 21.7 Å². The Morgan fingerprint density at radius 2 is 2.06 bits per heavy atom. The lowest BCUT2D eigenvalue weighted by Gasteiger charge is -2.25. The predicted octanol–water partition coefficient (Wildman–Crippen LogP) is 2.87. The second kappa shape index (κ2) is 4.64. The van der Waals surface area contributed by atoms with Gasteiger partial charge in [-0.2, -0.15) is 0 Å². The first-order valence-electron chi connectivity index (χ1n) is 5.72. The number of carboxylic acids is 1. The monoisotopic (exact) mass is 245 g/mol. The molecule has 1 N–H and O–H groups in total. The highest BCUT2D eigenvalue weighted by Gasteiger charge is 2.24. The molecule has 0 aliphatic carbocycles. The second-order valence-corrected chi connectivity index (χ2v) is 4.76. The Balaban J connectivity index is 2.34. The molecular weight excluding hydrogens is 230 g/mol. The maximum atomic E-state index is 10.8. The number of aliphatic carboxylic acids is 1. The van der Waals surface area contributed by atoms with E-state index in [0.717, 1.165) is 10.9 Å². The first kappa shape index (κ1) is 12.4. The highest BCUT2D eigenvalue weighted by atomic mass is 16.5. The summed E-state index contributed by atoms with van der Waals surface area (Å²) in [6.45, 7) is 3.51. The van der Waals surface area contributed by atoms with Crippen molar-refractivity contribution in [1.82, 2.24) is 4.98 Å². The summed E-state index contributed by atoms with van der Waals surface area (Å²) in [6, 6.07) is 9.42. The fraction of sp³-hybridized carbons (Fsp3) is 0.286. The third-order valence-electron chi connectivity index (χ3n) is 2.56. The Morgan fingerprint density at radius 3 is 2.78 bits per heavy atom. The van der Waals surface area contributed by atoms with E-state index in [1.54, 1.807) is 26.1 Å². The Morgan fingerprint density at radius 1 is 1.33 bits per heavy atom. The van der Waals surface area contributed by atoms with Crippen LogP contribution in [0.3, 0.4) is 0 Å². The van der Waals surface area contributed by atoms with Crippen LogP contribution in [0.5, 0.6) is 5.75 Å². The van der Waals surface area contributed by atoms with Gasteiger partial charge in [0.2, 0.25) is 0 Å². The fourth-order valence-electron chi connectivity index (χ4n) is 1.86. The number of benzene rings is 1. The molecule has 1 aromatic carbocycles. The predicted molar refractivity (Wildman–Crippen MR) is 68.7 cm³/mol. The molecule has 0 spiro atoms. The van der Waals surface area contributed by atoms with E-state index in [0.29, 0.717) is 5.75 Å². The number of pyridine rings is 1. The summed E-state index contributed by atoms with van der Waals surface area (Å²) in [5, 5.41) is 9.82. The van der Waals surface area contributed by atoms with Gasteiger partial charge >= 0.3 is 5.97 Å². The van der Waals surface area contributed by atoms with E-state index in [4.69, 9.17) is 9.84 Å². The van der Waals surface area contributed by atoms with Crippen molar-refractivity contribution in [2.24, 2.45) is 0 Å². The summed E-state index contributed by atoms with van der Waals surface area (Å²) >= 11 is 0. The Labute approximate surface area is 105 Å². The number of fused-ring (bicyclic) bond motifs is 1. The summed E-state index contributed by atoms with van der Waals surface area (Å²) in [5.41, 5.74) is -0.0177. The van der Waals surface area contributed by atoms with Crippen molar-refractivity contribution >= 4 is 16.9 Å². The molecule has 0 amide bonds. The van der Waals surface area contributed by atoms with Gasteiger partial charge in [0.1, 0.15) is 16.9 Å². The fourth-order valence-corrected chi connectivity index (χ4v) is 1.86. The second-order valence-electron chi connectivity index (χ2n) is 4.76. The number of para-hydroxylation sites is 1. The van der Waals surface area contributed by atoms with Gasteiger partial charge in [-0.3, -0.25) is 9.78 Å². The minimum Gasteiger partial charge on any atom is -0.485 e. The number of rotatable bonds is 4. The average Bonchev–Trinajstić information content (AvgIpc) is 2.27. The molecule has 4 heteroatoms. The van der Waals surface area contributed by atoms with Gasteiger partial charge in [-0.15, -0.1) is 0 Å².